The minimum atomic E-state index is -3.13. The predicted octanol–water partition coefficient (Wildman–Crippen LogP) is 8.67. The van der Waals surface area contributed by atoms with E-state index in [1.165, 1.54) is 16.0 Å². The molecule has 0 spiro atoms. The van der Waals surface area contributed by atoms with Crippen LogP contribution in [0.25, 0.3) is 23.5 Å². The molecule has 4 heterocycles. The molecule has 22 nitrogen and oxygen atoms in total. The Bertz CT molecular complexity index is 4320. The van der Waals surface area contributed by atoms with E-state index in [4.69, 9.17) is 19.7 Å². The van der Waals surface area contributed by atoms with E-state index in [0.717, 1.165) is 66.0 Å². The van der Waals surface area contributed by atoms with Crippen molar-refractivity contribution in [2.45, 2.75) is 180 Å². The summed E-state index contributed by atoms with van der Waals surface area (Å²) >= 11 is 4.84. The number of aromatic nitrogens is 4. The third kappa shape index (κ3) is 12.0. The molecule has 10 aliphatic rings. The first-order chi connectivity index (χ1) is 46.7. The first-order valence-electron chi connectivity index (χ1n) is 35.0. The van der Waals surface area contributed by atoms with Gasteiger partial charge in [0.15, 0.2) is 30.9 Å². The largest absolute Gasteiger partial charge is 0.449 e. The number of rotatable bonds is 12. The highest BCUT2D eigenvalue weighted by Crippen LogP contribution is 2.71. The number of nitrogens with zero attached hydrogens (tertiary/aromatic N) is 5. The van der Waals surface area contributed by atoms with Crippen LogP contribution in [0.15, 0.2) is 72.1 Å². The molecular formula is C73H91N7O15S4. The number of ether oxygens (including phenoxy) is 2. The van der Waals surface area contributed by atoms with Gasteiger partial charge < -0.3 is 35.2 Å². The first-order valence-corrected chi connectivity index (χ1v) is 39.9. The average Bonchev–Trinajstić information content (AvgIpc) is 1.62. The molecule has 26 heteroatoms. The Labute approximate surface area is 588 Å². The van der Waals surface area contributed by atoms with Crippen molar-refractivity contribution in [3.8, 4) is 11.4 Å². The minimum absolute atomic E-state index is 0.00489. The van der Waals surface area contributed by atoms with E-state index in [2.05, 4.69) is 49.3 Å². The van der Waals surface area contributed by atoms with E-state index >= 15 is 0 Å². The summed E-state index contributed by atoms with van der Waals surface area (Å²) in [6.07, 6.45) is 15.2. The lowest BCUT2D eigenvalue weighted by Gasteiger charge is -2.60. The maximum absolute atomic E-state index is 14.1. The fraction of sp³-hybridized carbons (Fsp3) is 0.603. The summed E-state index contributed by atoms with van der Waals surface area (Å²) in [7, 11) is -3.07. The number of benzene rings is 2. The number of esters is 2. The Balaban J connectivity index is 0.000000179. The summed E-state index contributed by atoms with van der Waals surface area (Å²) in [6, 6.07) is 13.6. The molecule has 0 bridgehead atoms. The zero-order valence-corrected chi connectivity index (χ0v) is 60.8. The average molecular weight is 1430 g/mol. The van der Waals surface area contributed by atoms with Gasteiger partial charge in [-0.25, -0.2) is 26.2 Å². The summed E-state index contributed by atoms with van der Waals surface area (Å²) in [5.74, 6) is -1.23. The highest BCUT2D eigenvalue weighted by atomic mass is 32.2. The van der Waals surface area contributed by atoms with Crippen LogP contribution in [0.5, 0.6) is 0 Å². The van der Waals surface area contributed by atoms with Crippen molar-refractivity contribution in [2.24, 2.45) is 57.2 Å². The van der Waals surface area contributed by atoms with Crippen LogP contribution in [-0.4, -0.2) is 163 Å². The number of thiol groups is 1. The van der Waals surface area contributed by atoms with Crippen LogP contribution in [0, 0.1) is 57.2 Å². The van der Waals surface area contributed by atoms with Crippen molar-refractivity contribution < 1.29 is 70.1 Å². The Morgan fingerprint density at radius 3 is 1.46 bits per heavy atom. The fourth-order valence-electron chi connectivity index (χ4n) is 20.6. The van der Waals surface area contributed by atoms with Crippen molar-refractivity contribution in [1.29, 1.82) is 0 Å². The third-order valence-corrected chi connectivity index (χ3v) is 30.3. The smallest absolute Gasteiger partial charge is 0.306 e. The number of carbonyl (C=O) groups excluding carboxylic acids is 7. The Hall–Kier alpha value is -6.45. The zero-order valence-electron chi connectivity index (χ0n) is 57.5. The maximum atomic E-state index is 14.1. The molecule has 2 unspecified atom stereocenters. The Morgan fingerprint density at radius 2 is 1.06 bits per heavy atom. The summed E-state index contributed by atoms with van der Waals surface area (Å²) in [5, 5.41) is 38.1. The number of hydrogen-bond acceptors (Lipinski definition) is 18. The zero-order chi connectivity index (χ0) is 70.9. The van der Waals surface area contributed by atoms with E-state index < -0.39 is 87.4 Å². The molecule has 4 N–H and O–H groups in total. The van der Waals surface area contributed by atoms with Gasteiger partial charge in [0.2, 0.25) is 10.2 Å². The van der Waals surface area contributed by atoms with Crippen molar-refractivity contribution in [2.75, 3.05) is 37.1 Å². The van der Waals surface area contributed by atoms with Gasteiger partial charge in [-0.05, 0) is 196 Å². The van der Waals surface area contributed by atoms with E-state index in [1.807, 2.05) is 47.7 Å². The molecule has 99 heavy (non-hydrogen) atoms. The summed E-state index contributed by atoms with van der Waals surface area (Å²) in [4.78, 5) is 92.8. The Kier molecular flexibility index (Phi) is 18.5. The highest BCUT2D eigenvalue weighted by molar-refractivity contribution is 8.26. The normalized spacial score (nSPS) is 35.4. The molecule has 3 amide bonds. The number of aliphatic hydroxyl groups excluding tert-OH is 2. The number of aliphatic hydroxyl groups is 2. The molecule has 2 aromatic carbocycles. The molecule has 4 aromatic rings. The second-order valence-electron chi connectivity index (χ2n) is 31.0. The van der Waals surface area contributed by atoms with Gasteiger partial charge in [-0.15, -0.1) is 12.6 Å². The van der Waals surface area contributed by atoms with Crippen LogP contribution >= 0.6 is 24.4 Å². The molecule has 0 radical (unpaired) electrons. The van der Waals surface area contributed by atoms with Crippen molar-refractivity contribution in [1.82, 2.24) is 35.1 Å². The van der Waals surface area contributed by atoms with Gasteiger partial charge >= 0.3 is 11.9 Å². The van der Waals surface area contributed by atoms with E-state index in [9.17, 15) is 60.6 Å². The molecule has 532 valence electrons. The molecule has 8 aliphatic carbocycles. The minimum Gasteiger partial charge on any atom is -0.449 e. The Morgan fingerprint density at radius 1 is 0.636 bits per heavy atom. The van der Waals surface area contributed by atoms with Gasteiger partial charge in [0, 0.05) is 72.7 Å². The van der Waals surface area contributed by atoms with Crippen molar-refractivity contribution in [3.63, 3.8) is 0 Å². The molecule has 2 aliphatic heterocycles. The standard InChI is InChI=1S/C38H48N4O8S2.C35H43N3O7S2/c1-6-31(44)50-38(34(46)51-35(47)41(4)5)14-12-28-27-11-10-24-17-29-23(18-36(24,2)32(27)30(43)19-37(28,38)3)20-39-42(29)26-9-7-8-22(16-26)33(45)40-25-13-15-52(48,49)21-25;1-4-29(40)45-35(32(42)46)12-10-26-25-9-8-22-15-27-21(16-33(22,2)30(25)28(39)17-34(26,35)3)18-36-38(27)24-7-5-6-20(14-24)31(41)37-23-11-13-47(43,44)19-23/h7-9,16-17,20,25,27-28,30,32,43H,6,10-15,18-19,21H2,1-5H3,(H,40,45);5-7,14-15,18,23,25-26,28,30,39H,4,8-13,16-17,19H2,1-3H3,(H,37,41)(H,42,46)/t25?,27-,28-,30-,32+,36-,37-,38-;23?,25-,26-,28-,30+,33-,34-,35-/m00/s1. The van der Waals surface area contributed by atoms with Gasteiger partial charge in [0.05, 0.1) is 70.4 Å². The third-order valence-electron chi connectivity index (χ3n) is 25.3. The first kappa shape index (κ1) is 71.0. The van der Waals surface area contributed by atoms with Gasteiger partial charge in [0.1, 0.15) is 0 Å². The highest BCUT2D eigenvalue weighted by Gasteiger charge is 2.73. The van der Waals surface area contributed by atoms with E-state index in [0.29, 0.717) is 74.3 Å². The fourth-order valence-corrected chi connectivity index (χ4v) is 25.2. The van der Waals surface area contributed by atoms with Crippen molar-refractivity contribution in [3.05, 3.63) is 106 Å². The predicted molar refractivity (Wildman–Crippen MR) is 375 cm³/mol. The lowest BCUT2D eigenvalue weighted by Crippen LogP contribution is -2.62. The maximum Gasteiger partial charge on any atom is 0.306 e. The van der Waals surface area contributed by atoms with Crippen LogP contribution in [0.1, 0.15) is 175 Å². The van der Waals surface area contributed by atoms with E-state index in [-0.39, 0.29) is 106 Å². The molecule has 8 fully saturated rings. The monoisotopic (exact) mass is 1430 g/mol. The van der Waals surface area contributed by atoms with Crippen molar-refractivity contribution >= 4 is 95.4 Å². The number of nitrogens with one attached hydrogen (secondary N) is 2. The molecule has 14 rings (SSSR count). The van der Waals surface area contributed by atoms with Crippen LogP contribution < -0.4 is 10.6 Å². The lowest BCUT2D eigenvalue weighted by molar-refractivity contribution is -0.196. The SMILES string of the molecule is CCC(=O)O[C@]1(C(=O)S)CC[C@H]2[C@@H]3CCC4=Cc5c(cnn5-c5cccc(C(=O)NC6CCS(=O)(=O)C6)c5)C[C@]4(C)[C@H]3[C@@H](O)C[C@@]21C.CCC(=O)O[C@]1(C(=O)SC(=O)N(C)C)CC[C@H]2[C@@H]3CCC4=Cc5c(cnn5-c5cccc(C(=O)NC6CCS(=O)(=O)C6)c5)C[C@]4(C)[C@H]3[C@@H](O)C[C@@]21C. The second-order valence-corrected chi connectivity index (χ2v) is 36.8. The van der Waals surface area contributed by atoms with Gasteiger partial charge in [-0.2, -0.15) is 10.2 Å². The summed E-state index contributed by atoms with van der Waals surface area (Å²) in [5.41, 5.74) is 3.70. The number of carbonyl (C=O) groups is 7. The number of amides is 3. The number of thioether (sulfide) groups is 1. The van der Waals surface area contributed by atoms with Crippen LogP contribution in [-0.2, 0) is 61.2 Å². The summed E-state index contributed by atoms with van der Waals surface area (Å²) < 4.78 is 63.3. The number of allylic oxidation sites excluding steroid dienone is 2. The molecule has 2 aromatic heterocycles. The molecular weight excluding hydrogens is 1340 g/mol. The number of sulfone groups is 2. The second kappa shape index (κ2) is 25.8. The summed E-state index contributed by atoms with van der Waals surface area (Å²) in [6.45, 7) is 11.9. The van der Waals surface area contributed by atoms with Crippen LogP contribution in [0.3, 0.4) is 0 Å². The number of hydrogen-bond donors (Lipinski definition) is 5. The molecule has 2 saturated heterocycles. The quantitative estimate of drug-likeness (QED) is 0.0654. The lowest BCUT2D eigenvalue weighted by atomic mass is 9.45. The topological polar surface area (TPSA) is 310 Å². The molecule has 16 atom stereocenters. The van der Waals surface area contributed by atoms with Gasteiger partial charge in [-0.1, -0.05) is 64.8 Å². The van der Waals surface area contributed by atoms with Gasteiger partial charge in [-0.3, -0.25) is 33.6 Å². The van der Waals surface area contributed by atoms with Crippen LogP contribution in [0.2, 0.25) is 0 Å². The van der Waals surface area contributed by atoms with Crippen LogP contribution in [0.4, 0.5) is 4.79 Å². The number of fused-ring (bicyclic) bond motifs is 12. The molecule has 6 saturated carbocycles. The van der Waals surface area contributed by atoms with Gasteiger partial charge in [0.25, 0.3) is 17.1 Å². The van der Waals surface area contributed by atoms with E-state index in [1.54, 1.807) is 64.3 Å².